The Morgan fingerprint density at radius 1 is 1.27 bits per heavy atom. The summed E-state index contributed by atoms with van der Waals surface area (Å²) in [5, 5.41) is 3.12. The van der Waals surface area contributed by atoms with Crippen LogP contribution < -0.4 is 11.1 Å². The smallest absolute Gasteiger partial charge is 0.240 e. The van der Waals surface area contributed by atoms with Crippen LogP contribution in [0.15, 0.2) is 0 Å². The number of nitrogens with two attached hydrogens (primary N) is 1. The standard InChI is InChI=1S/C11H20N2OS/c12-11(5-1-2-6-11)10(14)13-9-3-7-15-8-4-9/h9H,1-8,12H2,(H,13,14). The van der Waals surface area contributed by atoms with Gasteiger partial charge < -0.3 is 11.1 Å². The van der Waals surface area contributed by atoms with Gasteiger partial charge in [-0.3, -0.25) is 4.79 Å². The van der Waals surface area contributed by atoms with Crippen molar-refractivity contribution in [3.63, 3.8) is 0 Å². The minimum absolute atomic E-state index is 0.0944. The van der Waals surface area contributed by atoms with E-state index in [2.05, 4.69) is 5.32 Å². The van der Waals surface area contributed by atoms with E-state index in [1.165, 1.54) is 11.5 Å². The first kappa shape index (κ1) is 11.3. The zero-order valence-corrected chi connectivity index (χ0v) is 9.94. The summed E-state index contributed by atoms with van der Waals surface area (Å²) in [5.74, 6) is 2.43. The molecule has 1 saturated carbocycles. The van der Waals surface area contributed by atoms with Crippen molar-refractivity contribution in [2.45, 2.75) is 50.1 Å². The van der Waals surface area contributed by atoms with Crippen LogP contribution in [0.3, 0.4) is 0 Å². The fraction of sp³-hybridized carbons (Fsp3) is 0.909. The first-order valence-electron chi connectivity index (χ1n) is 5.88. The Morgan fingerprint density at radius 2 is 1.87 bits per heavy atom. The maximum absolute atomic E-state index is 12.0. The molecule has 1 amide bonds. The topological polar surface area (TPSA) is 55.1 Å². The van der Waals surface area contributed by atoms with Crippen molar-refractivity contribution in [3.8, 4) is 0 Å². The molecule has 86 valence electrons. The molecule has 2 fully saturated rings. The van der Waals surface area contributed by atoms with E-state index in [9.17, 15) is 4.79 Å². The lowest BCUT2D eigenvalue weighted by molar-refractivity contribution is -0.126. The van der Waals surface area contributed by atoms with Crippen LogP contribution in [0, 0.1) is 0 Å². The van der Waals surface area contributed by atoms with Gasteiger partial charge >= 0.3 is 0 Å². The quantitative estimate of drug-likeness (QED) is 0.748. The molecule has 1 aliphatic heterocycles. The van der Waals surface area contributed by atoms with Crippen LogP contribution in [0.1, 0.15) is 38.5 Å². The largest absolute Gasteiger partial charge is 0.352 e. The van der Waals surface area contributed by atoms with Crippen LogP contribution >= 0.6 is 11.8 Å². The van der Waals surface area contributed by atoms with Gasteiger partial charge in [-0.2, -0.15) is 11.8 Å². The van der Waals surface area contributed by atoms with Gasteiger partial charge in [0.1, 0.15) is 0 Å². The van der Waals surface area contributed by atoms with Crippen molar-refractivity contribution in [2.75, 3.05) is 11.5 Å². The van der Waals surface area contributed by atoms with Crippen LogP contribution in [0.5, 0.6) is 0 Å². The van der Waals surface area contributed by atoms with Crippen LogP contribution in [-0.4, -0.2) is 29.0 Å². The van der Waals surface area contributed by atoms with Crippen molar-refractivity contribution in [2.24, 2.45) is 5.73 Å². The molecule has 0 bridgehead atoms. The number of carbonyl (C=O) groups excluding carboxylic acids is 1. The van der Waals surface area contributed by atoms with Gasteiger partial charge in [-0.1, -0.05) is 12.8 Å². The number of hydrogen-bond donors (Lipinski definition) is 2. The third-order valence-electron chi connectivity index (χ3n) is 3.50. The van der Waals surface area contributed by atoms with Crippen molar-refractivity contribution in [3.05, 3.63) is 0 Å². The van der Waals surface area contributed by atoms with Gasteiger partial charge in [0.2, 0.25) is 5.91 Å². The van der Waals surface area contributed by atoms with E-state index >= 15 is 0 Å². The molecule has 2 aliphatic rings. The first-order chi connectivity index (χ1) is 7.21. The number of amides is 1. The molecule has 0 aromatic heterocycles. The lowest BCUT2D eigenvalue weighted by atomic mass is 9.97. The summed E-state index contributed by atoms with van der Waals surface area (Å²) < 4.78 is 0. The van der Waals surface area contributed by atoms with Gasteiger partial charge in [0.15, 0.2) is 0 Å². The molecule has 0 radical (unpaired) electrons. The van der Waals surface area contributed by atoms with Gasteiger partial charge in [-0.25, -0.2) is 0 Å². The zero-order valence-electron chi connectivity index (χ0n) is 9.13. The molecule has 1 saturated heterocycles. The van der Waals surface area contributed by atoms with Crippen molar-refractivity contribution in [1.82, 2.24) is 5.32 Å². The van der Waals surface area contributed by atoms with E-state index in [-0.39, 0.29) is 5.91 Å². The Morgan fingerprint density at radius 3 is 2.47 bits per heavy atom. The fourth-order valence-electron chi connectivity index (χ4n) is 2.40. The third-order valence-corrected chi connectivity index (χ3v) is 4.55. The average molecular weight is 228 g/mol. The number of hydrogen-bond acceptors (Lipinski definition) is 3. The summed E-state index contributed by atoms with van der Waals surface area (Å²) in [6.07, 6.45) is 6.13. The Hall–Kier alpha value is -0.220. The average Bonchev–Trinajstić information content (AvgIpc) is 2.68. The maximum atomic E-state index is 12.0. The monoisotopic (exact) mass is 228 g/mol. The van der Waals surface area contributed by atoms with Crippen molar-refractivity contribution < 1.29 is 4.79 Å². The summed E-state index contributed by atoms with van der Waals surface area (Å²) >= 11 is 1.97. The highest BCUT2D eigenvalue weighted by atomic mass is 32.2. The Balaban J connectivity index is 1.85. The summed E-state index contributed by atoms with van der Waals surface area (Å²) in [5.41, 5.74) is 5.55. The van der Waals surface area contributed by atoms with Crippen molar-refractivity contribution >= 4 is 17.7 Å². The number of thioether (sulfide) groups is 1. The molecular formula is C11H20N2OS. The van der Waals surface area contributed by atoms with Crippen LogP contribution in [0.25, 0.3) is 0 Å². The van der Waals surface area contributed by atoms with E-state index in [1.54, 1.807) is 0 Å². The normalized spacial score (nSPS) is 26.5. The van der Waals surface area contributed by atoms with Gasteiger partial charge in [-0.05, 0) is 37.2 Å². The fourth-order valence-corrected chi connectivity index (χ4v) is 3.51. The highest BCUT2D eigenvalue weighted by Gasteiger charge is 2.37. The highest BCUT2D eigenvalue weighted by Crippen LogP contribution is 2.28. The summed E-state index contributed by atoms with van der Waals surface area (Å²) in [6, 6.07) is 0.375. The molecule has 1 heterocycles. The van der Waals surface area contributed by atoms with E-state index in [1.807, 2.05) is 11.8 Å². The minimum Gasteiger partial charge on any atom is -0.352 e. The van der Waals surface area contributed by atoms with E-state index < -0.39 is 5.54 Å². The second kappa shape index (κ2) is 4.74. The van der Waals surface area contributed by atoms with E-state index in [4.69, 9.17) is 5.73 Å². The van der Waals surface area contributed by atoms with Crippen molar-refractivity contribution in [1.29, 1.82) is 0 Å². The van der Waals surface area contributed by atoms with Gasteiger partial charge in [0.05, 0.1) is 5.54 Å². The second-order valence-corrected chi connectivity index (χ2v) is 5.95. The second-order valence-electron chi connectivity index (χ2n) is 4.72. The third kappa shape index (κ3) is 2.67. The van der Waals surface area contributed by atoms with Gasteiger partial charge in [0, 0.05) is 6.04 Å². The molecule has 0 atom stereocenters. The zero-order chi connectivity index (χ0) is 10.7. The van der Waals surface area contributed by atoms with Crippen LogP contribution in [0.4, 0.5) is 0 Å². The molecule has 0 aromatic rings. The van der Waals surface area contributed by atoms with Gasteiger partial charge in [0.25, 0.3) is 0 Å². The number of carbonyl (C=O) groups is 1. The van der Waals surface area contributed by atoms with E-state index in [0.29, 0.717) is 6.04 Å². The molecular weight excluding hydrogens is 208 g/mol. The Bertz CT molecular complexity index is 233. The predicted molar refractivity (Wildman–Crippen MR) is 63.9 cm³/mol. The maximum Gasteiger partial charge on any atom is 0.240 e. The molecule has 2 rings (SSSR count). The van der Waals surface area contributed by atoms with E-state index in [0.717, 1.165) is 38.5 Å². The molecule has 0 unspecified atom stereocenters. The summed E-state index contributed by atoms with van der Waals surface area (Å²) in [6.45, 7) is 0. The molecule has 0 aromatic carbocycles. The number of nitrogens with one attached hydrogen (secondary N) is 1. The van der Waals surface area contributed by atoms with Gasteiger partial charge in [-0.15, -0.1) is 0 Å². The minimum atomic E-state index is -0.551. The molecule has 3 N–H and O–H groups in total. The molecule has 0 spiro atoms. The molecule has 4 heteroatoms. The number of rotatable bonds is 2. The lowest BCUT2D eigenvalue weighted by Crippen LogP contribution is -2.54. The van der Waals surface area contributed by atoms with Crippen LogP contribution in [0.2, 0.25) is 0 Å². The highest BCUT2D eigenvalue weighted by molar-refractivity contribution is 7.99. The first-order valence-corrected chi connectivity index (χ1v) is 7.04. The summed E-state index contributed by atoms with van der Waals surface area (Å²) in [7, 11) is 0. The predicted octanol–water partition coefficient (Wildman–Crippen LogP) is 1.27. The summed E-state index contributed by atoms with van der Waals surface area (Å²) in [4.78, 5) is 12.0. The molecule has 1 aliphatic carbocycles. The Kier molecular flexibility index (Phi) is 3.57. The molecule has 15 heavy (non-hydrogen) atoms. The Labute approximate surface area is 95.6 Å². The molecule has 3 nitrogen and oxygen atoms in total. The SMILES string of the molecule is NC1(C(=O)NC2CCSCC2)CCCC1. The van der Waals surface area contributed by atoms with Crippen LogP contribution in [-0.2, 0) is 4.79 Å². The lowest BCUT2D eigenvalue weighted by Gasteiger charge is -2.28.